The highest BCUT2D eigenvalue weighted by Crippen LogP contribution is 2.34. The van der Waals surface area contributed by atoms with Gasteiger partial charge in [0, 0.05) is 106 Å². The van der Waals surface area contributed by atoms with E-state index in [2.05, 4.69) is 62.3 Å². The molecular weight excluding hydrogens is 1080 g/mol. The summed E-state index contributed by atoms with van der Waals surface area (Å²) in [5, 5.41) is 25.0. The number of hydrogen-bond acceptors (Lipinski definition) is 17. The lowest BCUT2D eigenvalue weighted by atomic mass is 10.0. The molecule has 3 fully saturated rings. The molecule has 4 aromatic rings. The summed E-state index contributed by atoms with van der Waals surface area (Å²) < 4.78 is 28.3. The second-order valence-electron chi connectivity index (χ2n) is 20.5. The molecule has 450 valence electrons. The molecule has 3 aromatic carbocycles. The number of likely N-dealkylation sites (N-methyl/N-ethyl adjacent to an activating group) is 1. The molecule has 0 spiro atoms. The van der Waals surface area contributed by atoms with Crippen molar-refractivity contribution < 1.29 is 47.7 Å². The lowest BCUT2D eigenvalue weighted by Gasteiger charge is -2.30. The van der Waals surface area contributed by atoms with Crippen molar-refractivity contribution in [1.82, 2.24) is 41.5 Å². The van der Waals surface area contributed by atoms with Gasteiger partial charge in [-0.3, -0.25) is 19.2 Å². The van der Waals surface area contributed by atoms with E-state index < -0.39 is 0 Å². The zero-order valence-corrected chi connectivity index (χ0v) is 48.7. The zero-order valence-electron chi connectivity index (χ0n) is 47.8. The van der Waals surface area contributed by atoms with Crippen LogP contribution < -0.4 is 52.2 Å². The van der Waals surface area contributed by atoms with E-state index in [0.717, 1.165) is 79.4 Å². The van der Waals surface area contributed by atoms with Gasteiger partial charge in [-0.1, -0.05) is 30.7 Å². The fraction of sp³-hybridized carbons (Fsp3) is 0.517. The smallest absolute Gasteiger partial charge is 0.315 e. The summed E-state index contributed by atoms with van der Waals surface area (Å²) >= 11 is 1.90. The number of unbranched alkanes of at least 4 members (excludes halogenated alkanes) is 2. The van der Waals surface area contributed by atoms with Crippen LogP contribution in [0.5, 0.6) is 11.5 Å². The average Bonchev–Trinajstić information content (AvgIpc) is 4.31. The van der Waals surface area contributed by atoms with E-state index in [-0.39, 0.29) is 54.6 Å². The number of morpholine rings is 1. The SMILES string of the molecule is CN(C/C=C/C(=O)Nc1cc(Nc2cc(Nc3ccc(Oc4ccccc4)cc3)ncn2)ccc1N1CCOCC1)CCCCNC(=O)CCCC(=O)NCCCOCCOCCOCCCNC(=O)CCCC[C@@H]1SC[C@@H]2NC(=O)N[C@@H]21. The van der Waals surface area contributed by atoms with Crippen LogP contribution in [0.3, 0.4) is 0 Å². The van der Waals surface area contributed by atoms with E-state index in [4.69, 9.17) is 23.7 Å². The minimum atomic E-state index is -0.244. The Labute approximate surface area is 492 Å². The van der Waals surface area contributed by atoms with Gasteiger partial charge in [0.1, 0.15) is 29.5 Å². The van der Waals surface area contributed by atoms with E-state index in [0.29, 0.717) is 134 Å². The molecule has 3 saturated heterocycles. The van der Waals surface area contributed by atoms with Crippen LogP contribution in [0.15, 0.2) is 97.3 Å². The predicted octanol–water partition coefficient (Wildman–Crippen LogP) is 6.87. The summed E-state index contributed by atoms with van der Waals surface area (Å²) in [7, 11) is 1.99. The Morgan fingerprint density at radius 2 is 1.31 bits per heavy atom. The summed E-state index contributed by atoms with van der Waals surface area (Å²) in [4.78, 5) is 74.9. The fourth-order valence-electron chi connectivity index (χ4n) is 9.45. The number of para-hydroxylation sites is 1. The van der Waals surface area contributed by atoms with Gasteiger partial charge in [-0.05, 0) is 113 Å². The van der Waals surface area contributed by atoms with Crippen molar-refractivity contribution >= 4 is 75.8 Å². The van der Waals surface area contributed by atoms with Gasteiger partial charge in [-0.25, -0.2) is 14.8 Å². The normalized spacial score (nSPS) is 16.5. The molecule has 1 aromatic heterocycles. The third-order valence-corrected chi connectivity index (χ3v) is 15.3. The summed E-state index contributed by atoms with van der Waals surface area (Å²) in [6, 6.07) is 25.3. The number of fused-ring (bicyclic) bond motifs is 1. The minimum Gasteiger partial charge on any atom is -0.457 e. The monoisotopic (exact) mass is 1160 g/mol. The molecule has 7 rings (SSSR count). The molecular formula is C60H84N12O10S. The van der Waals surface area contributed by atoms with Crippen molar-refractivity contribution in [3.8, 4) is 11.5 Å². The molecule has 0 radical (unpaired) electrons. The second-order valence-corrected chi connectivity index (χ2v) is 21.8. The number of rotatable bonds is 39. The first-order chi connectivity index (χ1) is 40.6. The maximum absolute atomic E-state index is 13.3. The molecule has 23 heteroatoms. The molecule has 3 atom stereocenters. The van der Waals surface area contributed by atoms with Crippen LogP contribution >= 0.6 is 11.8 Å². The van der Waals surface area contributed by atoms with E-state index in [1.165, 1.54) is 6.33 Å². The number of ether oxygens (including phenoxy) is 5. The lowest BCUT2D eigenvalue weighted by Crippen LogP contribution is -2.36. The molecule has 0 aliphatic carbocycles. The first kappa shape index (κ1) is 63.6. The summed E-state index contributed by atoms with van der Waals surface area (Å²) in [6.45, 7) is 8.48. The van der Waals surface area contributed by atoms with Crippen molar-refractivity contribution in [1.29, 1.82) is 0 Å². The van der Waals surface area contributed by atoms with Gasteiger partial charge < -0.3 is 76.0 Å². The highest BCUT2D eigenvalue weighted by atomic mass is 32.2. The van der Waals surface area contributed by atoms with Gasteiger partial charge in [0.15, 0.2) is 0 Å². The van der Waals surface area contributed by atoms with E-state index in [9.17, 15) is 24.0 Å². The molecule has 83 heavy (non-hydrogen) atoms. The van der Waals surface area contributed by atoms with Gasteiger partial charge in [-0.2, -0.15) is 11.8 Å². The molecule has 3 aliphatic heterocycles. The molecule has 3 aliphatic rings. The number of amides is 6. The average molecular weight is 1170 g/mol. The van der Waals surface area contributed by atoms with Crippen molar-refractivity contribution in [2.24, 2.45) is 0 Å². The lowest BCUT2D eigenvalue weighted by molar-refractivity contribution is -0.123. The molecule has 8 N–H and O–H groups in total. The molecule has 6 amide bonds. The topological polar surface area (TPSA) is 260 Å². The molecule has 0 bridgehead atoms. The van der Waals surface area contributed by atoms with E-state index in [1.54, 1.807) is 6.08 Å². The Morgan fingerprint density at radius 1 is 0.699 bits per heavy atom. The third kappa shape index (κ3) is 24.4. The van der Waals surface area contributed by atoms with E-state index >= 15 is 0 Å². The maximum atomic E-state index is 13.3. The molecule has 0 saturated carbocycles. The third-order valence-electron chi connectivity index (χ3n) is 13.8. The Kier molecular flexibility index (Phi) is 28.0. The van der Waals surface area contributed by atoms with Crippen molar-refractivity contribution in [2.45, 2.75) is 88.0 Å². The van der Waals surface area contributed by atoms with Crippen LogP contribution in [0.1, 0.15) is 70.6 Å². The van der Waals surface area contributed by atoms with Crippen LogP contribution in [-0.2, 0) is 38.1 Å². The fourth-order valence-corrected chi connectivity index (χ4v) is 11.0. The number of benzene rings is 3. The molecule has 4 heterocycles. The Bertz CT molecular complexity index is 2630. The van der Waals surface area contributed by atoms with Crippen molar-refractivity contribution in [2.75, 3.05) is 132 Å². The first-order valence-corrected chi connectivity index (χ1v) is 30.2. The Morgan fingerprint density at radius 3 is 2.00 bits per heavy atom. The van der Waals surface area contributed by atoms with Crippen LogP contribution in [0, 0.1) is 0 Å². The number of urea groups is 1. The van der Waals surface area contributed by atoms with Gasteiger partial charge in [0.05, 0.1) is 63.1 Å². The van der Waals surface area contributed by atoms with E-state index in [1.807, 2.05) is 104 Å². The van der Waals surface area contributed by atoms with Crippen LogP contribution in [0.4, 0.5) is 39.2 Å². The minimum absolute atomic E-state index is 0.0620. The molecule has 22 nitrogen and oxygen atoms in total. The number of nitrogens with one attached hydrogen (secondary N) is 8. The number of carbonyl (C=O) groups is 5. The van der Waals surface area contributed by atoms with Crippen LogP contribution in [-0.4, -0.2) is 173 Å². The van der Waals surface area contributed by atoms with Gasteiger partial charge >= 0.3 is 6.03 Å². The highest BCUT2D eigenvalue weighted by Gasteiger charge is 2.42. The number of thioether (sulfide) groups is 1. The van der Waals surface area contributed by atoms with Crippen molar-refractivity contribution in [3.05, 3.63) is 97.3 Å². The highest BCUT2D eigenvalue weighted by molar-refractivity contribution is 8.00. The summed E-state index contributed by atoms with van der Waals surface area (Å²) in [5.41, 5.74) is 3.14. The van der Waals surface area contributed by atoms with Crippen molar-refractivity contribution in [3.63, 3.8) is 0 Å². The first-order valence-electron chi connectivity index (χ1n) is 29.2. The maximum Gasteiger partial charge on any atom is 0.315 e. The largest absolute Gasteiger partial charge is 0.457 e. The van der Waals surface area contributed by atoms with Gasteiger partial charge in [-0.15, -0.1) is 0 Å². The number of carbonyl (C=O) groups excluding carboxylic acids is 5. The van der Waals surface area contributed by atoms with Crippen LogP contribution in [0.2, 0.25) is 0 Å². The Hall–Kier alpha value is -7.02. The summed E-state index contributed by atoms with van der Waals surface area (Å²) in [6.07, 6.45) is 12.3. The van der Waals surface area contributed by atoms with Gasteiger partial charge in [0.25, 0.3) is 0 Å². The predicted molar refractivity (Wildman–Crippen MR) is 324 cm³/mol. The zero-order chi connectivity index (χ0) is 58.1. The number of aromatic nitrogens is 2. The number of hydrogen-bond donors (Lipinski definition) is 8. The number of nitrogens with zero attached hydrogens (tertiary/aromatic N) is 4. The Balaban J connectivity index is 0.653. The molecule has 0 unspecified atom stereocenters. The summed E-state index contributed by atoms with van der Waals surface area (Å²) in [5.74, 6) is 3.28. The second kappa shape index (κ2) is 36.5. The quantitative estimate of drug-likeness (QED) is 0.0129. The standard InChI is InChI=1S/C60H84N12O10S/c1-71(29-8-7-26-61-56(74)17-9-18-57(75)63-28-12-34-79-38-40-81-39-37-78-33-11-27-62-55(73)16-6-5-15-52-59-50(43-83-52)69-60(77)70-59)30-10-19-58(76)68-49-41-46(22-25-51(49)72-31-35-80-36-32-72)67-54-42-53(64-44-65-54)66-45-20-23-48(24-21-45)82-47-13-3-2-4-14-47/h2-4,10,13-14,19-25,41-42,44,50,52,59H,5-9,11-12,15-18,26-40,43H2,1H3,(H,61,74)(H,62,73)(H,63,75)(H,68,76)(H2,69,70,77)(H2,64,65,66,67)/b19-10+/t50-,52-,59-/m0/s1. The van der Waals surface area contributed by atoms with Gasteiger partial charge in [0.2, 0.25) is 23.6 Å². The van der Waals surface area contributed by atoms with Crippen LogP contribution in [0.25, 0.3) is 0 Å². The number of anilines is 6.